The van der Waals surface area contributed by atoms with E-state index in [1.165, 1.54) is 12.1 Å². The van der Waals surface area contributed by atoms with Crippen molar-refractivity contribution in [2.24, 2.45) is 0 Å². The molecular weight excluding hydrogens is 402 g/mol. The SMILES string of the molecule is C[C@H](NC(=O)CNC(=O)c1ccc(Cl)c([N+](=O)[O-])c1)c1ccc2c(c1)OCCO2. The number of nitrogens with zero attached hydrogens (tertiary/aromatic N) is 1. The minimum absolute atomic E-state index is 0.0359. The summed E-state index contributed by atoms with van der Waals surface area (Å²) in [7, 11) is 0. The van der Waals surface area contributed by atoms with Crippen molar-refractivity contribution in [1.29, 1.82) is 0 Å². The summed E-state index contributed by atoms with van der Waals surface area (Å²) in [5.74, 6) is 0.242. The van der Waals surface area contributed by atoms with E-state index >= 15 is 0 Å². The van der Waals surface area contributed by atoms with Gasteiger partial charge in [-0.1, -0.05) is 17.7 Å². The molecule has 1 atom stereocenters. The average molecular weight is 420 g/mol. The zero-order valence-corrected chi connectivity index (χ0v) is 16.2. The minimum atomic E-state index is -0.680. The van der Waals surface area contributed by atoms with E-state index in [0.29, 0.717) is 24.7 Å². The Morgan fingerprint density at radius 3 is 2.62 bits per heavy atom. The molecule has 0 aliphatic carbocycles. The fourth-order valence-electron chi connectivity index (χ4n) is 2.76. The number of carbonyl (C=O) groups is 2. The average Bonchev–Trinajstić information content (AvgIpc) is 2.71. The Balaban J connectivity index is 1.56. The van der Waals surface area contributed by atoms with Crippen LogP contribution in [-0.2, 0) is 4.79 Å². The highest BCUT2D eigenvalue weighted by molar-refractivity contribution is 6.32. The summed E-state index contributed by atoms with van der Waals surface area (Å²) in [6, 6.07) is 8.75. The van der Waals surface area contributed by atoms with Crippen LogP contribution in [0.2, 0.25) is 5.02 Å². The monoisotopic (exact) mass is 419 g/mol. The van der Waals surface area contributed by atoms with Gasteiger partial charge in [0.2, 0.25) is 5.91 Å². The largest absolute Gasteiger partial charge is 0.486 e. The van der Waals surface area contributed by atoms with Crippen LogP contribution in [0, 0.1) is 10.1 Å². The molecule has 0 bridgehead atoms. The summed E-state index contributed by atoms with van der Waals surface area (Å²) < 4.78 is 11.0. The molecule has 0 aromatic heterocycles. The summed E-state index contributed by atoms with van der Waals surface area (Å²) >= 11 is 5.73. The van der Waals surface area contributed by atoms with Gasteiger partial charge in [0, 0.05) is 11.6 Å². The molecule has 9 nitrogen and oxygen atoms in total. The first-order valence-corrected chi connectivity index (χ1v) is 9.14. The van der Waals surface area contributed by atoms with Crippen LogP contribution < -0.4 is 20.1 Å². The molecule has 152 valence electrons. The highest BCUT2D eigenvalue weighted by atomic mass is 35.5. The Bertz CT molecular complexity index is 965. The highest BCUT2D eigenvalue weighted by Gasteiger charge is 2.18. The molecule has 2 N–H and O–H groups in total. The van der Waals surface area contributed by atoms with E-state index < -0.39 is 16.7 Å². The molecule has 0 unspecified atom stereocenters. The van der Waals surface area contributed by atoms with Crippen molar-refractivity contribution in [3.05, 3.63) is 62.7 Å². The summed E-state index contributed by atoms with van der Waals surface area (Å²) in [6.07, 6.45) is 0. The van der Waals surface area contributed by atoms with E-state index in [1.807, 2.05) is 6.07 Å². The van der Waals surface area contributed by atoms with Crippen LogP contribution in [-0.4, -0.2) is 36.5 Å². The van der Waals surface area contributed by atoms with Gasteiger partial charge >= 0.3 is 0 Å². The van der Waals surface area contributed by atoms with Gasteiger partial charge in [0.15, 0.2) is 11.5 Å². The van der Waals surface area contributed by atoms with Gasteiger partial charge < -0.3 is 20.1 Å². The van der Waals surface area contributed by atoms with E-state index in [2.05, 4.69) is 10.6 Å². The van der Waals surface area contributed by atoms with Crippen molar-refractivity contribution in [3.63, 3.8) is 0 Å². The molecule has 3 rings (SSSR count). The second kappa shape index (κ2) is 8.78. The van der Waals surface area contributed by atoms with E-state index in [1.54, 1.807) is 19.1 Å². The molecule has 0 spiro atoms. The molecule has 2 aromatic rings. The molecule has 1 aliphatic heterocycles. The van der Waals surface area contributed by atoms with Gasteiger partial charge in [-0.3, -0.25) is 19.7 Å². The summed E-state index contributed by atoms with van der Waals surface area (Å²) in [5.41, 5.74) is 0.479. The Hall–Kier alpha value is -3.33. The summed E-state index contributed by atoms with van der Waals surface area (Å²) in [6.45, 7) is 2.47. The number of ether oxygens (including phenoxy) is 2. The van der Waals surface area contributed by atoms with Gasteiger partial charge in [0.05, 0.1) is 17.5 Å². The molecule has 1 aliphatic rings. The Morgan fingerprint density at radius 2 is 1.90 bits per heavy atom. The van der Waals surface area contributed by atoms with Gasteiger partial charge in [-0.2, -0.15) is 0 Å². The third kappa shape index (κ3) is 4.94. The number of nitro benzene ring substituents is 1. The fraction of sp³-hybridized carbons (Fsp3) is 0.263. The molecule has 0 fully saturated rings. The lowest BCUT2D eigenvalue weighted by Crippen LogP contribution is -2.38. The molecule has 0 saturated heterocycles. The molecule has 0 radical (unpaired) electrons. The maximum atomic E-state index is 12.2. The Kier molecular flexibility index (Phi) is 6.18. The van der Waals surface area contributed by atoms with Crippen LogP contribution in [0.5, 0.6) is 11.5 Å². The first-order valence-electron chi connectivity index (χ1n) is 8.76. The van der Waals surface area contributed by atoms with Crippen molar-refractivity contribution < 1.29 is 24.0 Å². The predicted molar refractivity (Wildman–Crippen MR) is 104 cm³/mol. The minimum Gasteiger partial charge on any atom is -0.486 e. The third-order valence-corrected chi connectivity index (χ3v) is 4.58. The zero-order valence-electron chi connectivity index (χ0n) is 15.4. The topological polar surface area (TPSA) is 120 Å². The zero-order chi connectivity index (χ0) is 21.0. The Morgan fingerprint density at radius 1 is 1.17 bits per heavy atom. The normalized spacial score (nSPS) is 13.3. The second-order valence-electron chi connectivity index (χ2n) is 6.30. The molecule has 2 aromatic carbocycles. The maximum Gasteiger partial charge on any atom is 0.288 e. The van der Waals surface area contributed by atoms with E-state index in [9.17, 15) is 19.7 Å². The number of nitro groups is 1. The first kappa shape index (κ1) is 20.4. The van der Waals surface area contributed by atoms with Gasteiger partial charge in [-0.25, -0.2) is 0 Å². The van der Waals surface area contributed by atoms with Crippen LogP contribution in [0.4, 0.5) is 5.69 Å². The highest BCUT2D eigenvalue weighted by Crippen LogP contribution is 2.32. The molecule has 2 amide bonds. The number of rotatable bonds is 6. The van der Waals surface area contributed by atoms with Crippen LogP contribution in [0.15, 0.2) is 36.4 Å². The number of fused-ring (bicyclic) bond motifs is 1. The van der Waals surface area contributed by atoms with Gasteiger partial charge in [-0.15, -0.1) is 0 Å². The first-order chi connectivity index (χ1) is 13.8. The van der Waals surface area contributed by atoms with Crippen molar-refractivity contribution in [3.8, 4) is 11.5 Å². The lowest BCUT2D eigenvalue weighted by Gasteiger charge is -2.21. The number of carbonyl (C=O) groups excluding carboxylic acids is 2. The van der Waals surface area contributed by atoms with Crippen molar-refractivity contribution >= 4 is 29.1 Å². The number of hydrogen-bond acceptors (Lipinski definition) is 6. The molecule has 29 heavy (non-hydrogen) atoms. The van der Waals surface area contributed by atoms with E-state index in [0.717, 1.165) is 11.6 Å². The van der Waals surface area contributed by atoms with Crippen molar-refractivity contribution in [2.45, 2.75) is 13.0 Å². The van der Waals surface area contributed by atoms with Crippen LogP contribution in [0.3, 0.4) is 0 Å². The Labute approximate surface area is 171 Å². The second-order valence-corrected chi connectivity index (χ2v) is 6.71. The van der Waals surface area contributed by atoms with Crippen molar-refractivity contribution in [1.82, 2.24) is 10.6 Å². The molecule has 0 saturated carbocycles. The van der Waals surface area contributed by atoms with E-state index in [4.69, 9.17) is 21.1 Å². The number of benzene rings is 2. The van der Waals surface area contributed by atoms with Crippen LogP contribution in [0.25, 0.3) is 0 Å². The number of hydrogen-bond donors (Lipinski definition) is 2. The van der Waals surface area contributed by atoms with Gasteiger partial charge in [0.25, 0.3) is 11.6 Å². The fourth-order valence-corrected chi connectivity index (χ4v) is 2.95. The lowest BCUT2D eigenvalue weighted by atomic mass is 10.1. The van der Waals surface area contributed by atoms with Crippen LogP contribution in [0.1, 0.15) is 28.9 Å². The van der Waals surface area contributed by atoms with E-state index in [-0.39, 0.29) is 28.9 Å². The molecule has 10 heteroatoms. The van der Waals surface area contributed by atoms with Crippen LogP contribution >= 0.6 is 11.6 Å². The number of halogens is 1. The quantitative estimate of drug-likeness (QED) is 0.548. The smallest absolute Gasteiger partial charge is 0.288 e. The molecular formula is C19H18ClN3O6. The summed E-state index contributed by atoms with van der Waals surface area (Å²) in [5, 5.41) is 16.0. The van der Waals surface area contributed by atoms with Gasteiger partial charge in [-0.05, 0) is 36.8 Å². The standard InChI is InChI=1S/C19H18ClN3O6/c1-11(12-3-5-16-17(9-12)29-7-6-28-16)22-18(24)10-21-19(25)13-2-4-14(20)15(8-13)23(26)27/h2-5,8-9,11H,6-7,10H2,1H3,(H,21,25)(H,22,24)/t11-/m0/s1. The van der Waals surface area contributed by atoms with Crippen molar-refractivity contribution in [2.75, 3.05) is 19.8 Å². The summed E-state index contributed by atoms with van der Waals surface area (Å²) in [4.78, 5) is 34.6. The number of nitrogens with one attached hydrogen (secondary N) is 2. The number of amides is 2. The molecule has 1 heterocycles. The predicted octanol–water partition coefficient (Wildman–Crippen LogP) is 2.63. The maximum absolute atomic E-state index is 12.2. The van der Waals surface area contributed by atoms with Gasteiger partial charge in [0.1, 0.15) is 18.2 Å². The lowest BCUT2D eigenvalue weighted by molar-refractivity contribution is -0.384. The third-order valence-electron chi connectivity index (χ3n) is 4.26.